The normalized spacial score (nSPS) is 21.9. The number of carbonyl (C=O) groups excluding carboxylic acids is 7. The van der Waals surface area contributed by atoms with Crippen LogP contribution in [0.3, 0.4) is 0 Å². The molecular formula is C58H44Cl3N7O18. The molecule has 7 aromatic carbocycles. The van der Waals surface area contributed by atoms with Crippen molar-refractivity contribution in [2.75, 3.05) is 0 Å². The van der Waals surface area contributed by atoms with E-state index in [1.807, 2.05) is 0 Å². The van der Waals surface area contributed by atoms with Crippen molar-refractivity contribution in [3.63, 3.8) is 0 Å². The van der Waals surface area contributed by atoms with Crippen LogP contribution in [0, 0.1) is 0 Å². The van der Waals surface area contributed by atoms with E-state index < -0.39 is 163 Å². The Hall–Kier alpha value is -10.2. The van der Waals surface area contributed by atoms with Crippen molar-refractivity contribution in [2.45, 2.75) is 54.8 Å². The first kappa shape index (κ1) is 57.6. The highest BCUT2D eigenvalue weighted by Gasteiger charge is 2.41. The number of halogens is 3. The number of aromatic hydroxyl groups is 6. The standard InChI is InChI=1S/C58H44Cl3N7O18/c59-31-7-20-1-5-37(31)85-40-15-25-16-41(51(40)75)86-38-6-3-22(12-32(38)60)49(73)48-57(81)67-47(58(82)83)29-18-27(70)19-36(72)42(29)30-11-24(13-33(61)50(30)74)45(56(80)68-48)65-55(79)46(25)66-54(78)44-23-9-26(69)17-28(10-23)84-39-14-21(2-4-35(39)71)43(62)53(77)63-34(8-20)52(76)64-44/h1-7,9-19,34,43-49,69-75H,8,62H2,(H,63,77)(H,64,76)(H,65,79)(H,66,78)(H,67,81)(H,68,80)(H,82,83)/t34-,43+,44+,45-,46-,47?,48+,49-/m1/s1. The predicted octanol–water partition coefficient (Wildman–Crippen LogP) is 3.59. The van der Waals surface area contributed by atoms with E-state index in [0.29, 0.717) is 5.56 Å². The zero-order valence-electron chi connectivity index (χ0n) is 43.7. The van der Waals surface area contributed by atoms with Gasteiger partial charge in [-0.3, -0.25) is 28.8 Å². The number of phenols is 6. The van der Waals surface area contributed by atoms with Crippen LogP contribution in [-0.4, -0.2) is 89.2 Å². The molecule has 0 aliphatic carbocycles. The molecule has 25 nitrogen and oxygen atoms in total. The predicted molar refractivity (Wildman–Crippen MR) is 296 cm³/mol. The zero-order valence-corrected chi connectivity index (χ0v) is 45.9. The number of carbonyl (C=O) groups is 7. The number of quaternary nitrogens is 1. The number of hydrogen-bond donors (Lipinski definition) is 14. The number of rotatable bonds is 1. The number of benzene rings is 7. The summed E-state index contributed by atoms with van der Waals surface area (Å²) < 4.78 is 18.4. The molecule has 7 aromatic rings. The molecule has 28 heteroatoms. The lowest BCUT2D eigenvalue weighted by molar-refractivity contribution is -0.409. The summed E-state index contributed by atoms with van der Waals surface area (Å²) in [6.07, 6.45) is -2.50. The van der Waals surface area contributed by atoms with Crippen LogP contribution < -0.4 is 57.0 Å². The van der Waals surface area contributed by atoms with Gasteiger partial charge in [0, 0.05) is 35.2 Å². The molecule has 440 valence electrons. The number of aliphatic carboxylic acids is 1. The number of phenolic OH excluding ortho intramolecular Hbond substituents is 6. The average molecular weight is 1230 g/mol. The summed E-state index contributed by atoms with van der Waals surface area (Å²) in [7, 11) is 0. The van der Waals surface area contributed by atoms with Gasteiger partial charge in [-0.25, -0.2) is 0 Å². The fourth-order valence-electron chi connectivity index (χ4n) is 10.3. The van der Waals surface area contributed by atoms with Gasteiger partial charge in [0.2, 0.25) is 35.3 Å². The van der Waals surface area contributed by atoms with Crippen molar-refractivity contribution in [2.24, 2.45) is 0 Å². The van der Waals surface area contributed by atoms with Gasteiger partial charge in [-0.05, 0) is 118 Å². The SMILES string of the molecule is [NH3+][C@@H]1C(=O)N[C@@H]2Cc3ccc(c(Cl)c3)Oc3cc4cc(c3O)Oc3ccc(cc3Cl)[C@@H](O)[C@@H]3NC(=O)[C@H](NC(=O)[C@@H]4NC(=O)[C@@H](NC2=O)c2cc(O)cc(c2)Oc2cc1ccc2O)c1cc(Cl)c(O)c(c1)-c1c(O)cc(O)cc1C(C(=O)[O-])NC3=O. The van der Waals surface area contributed by atoms with Crippen molar-refractivity contribution in [3.8, 4) is 80.1 Å². The van der Waals surface area contributed by atoms with Crippen molar-refractivity contribution < 1.29 is 94.4 Å². The van der Waals surface area contributed by atoms with E-state index in [4.69, 9.17) is 49.0 Å². The van der Waals surface area contributed by atoms with Crippen LogP contribution in [0.15, 0.2) is 109 Å². The second-order valence-corrected chi connectivity index (χ2v) is 21.5. The summed E-state index contributed by atoms with van der Waals surface area (Å²) in [5, 5.41) is 107. The van der Waals surface area contributed by atoms with Crippen LogP contribution in [0.1, 0.15) is 75.3 Å². The second kappa shape index (κ2) is 22.4. The van der Waals surface area contributed by atoms with Crippen molar-refractivity contribution in [1.29, 1.82) is 0 Å². The Morgan fingerprint density at radius 3 is 1.72 bits per heavy atom. The van der Waals surface area contributed by atoms with Crippen molar-refractivity contribution >= 4 is 76.2 Å². The summed E-state index contributed by atoms with van der Waals surface area (Å²) in [6.45, 7) is 0. The Morgan fingerprint density at radius 2 is 1.07 bits per heavy atom. The number of ether oxygens (including phenoxy) is 3. The maximum atomic E-state index is 15.7. The first-order valence-electron chi connectivity index (χ1n) is 25.7. The van der Waals surface area contributed by atoms with E-state index in [0.717, 1.165) is 60.7 Å². The van der Waals surface area contributed by atoms with Crippen LogP contribution in [-0.2, 0) is 40.0 Å². The summed E-state index contributed by atoms with van der Waals surface area (Å²) in [5.74, 6) is -15.6. The smallest absolute Gasteiger partial charge is 0.283 e. The molecule has 0 radical (unpaired) electrons. The molecular weight excluding hydrogens is 1190 g/mol. The monoisotopic (exact) mass is 1230 g/mol. The average Bonchev–Trinajstić information content (AvgIpc) is 3.02. The van der Waals surface area contributed by atoms with Crippen LogP contribution in [0.2, 0.25) is 15.1 Å². The molecule has 6 aliphatic rings. The summed E-state index contributed by atoms with van der Waals surface area (Å²) in [6, 6.07) is 6.74. The first-order chi connectivity index (χ1) is 40.9. The van der Waals surface area contributed by atoms with E-state index in [-0.39, 0.29) is 61.7 Å². The summed E-state index contributed by atoms with van der Waals surface area (Å²) in [5.41, 5.74) is 1.51. The maximum absolute atomic E-state index is 15.7. The van der Waals surface area contributed by atoms with Gasteiger partial charge in [-0.15, -0.1) is 0 Å². The summed E-state index contributed by atoms with van der Waals surface area (Å²) in [4.78, 5) is 103. The molecule has 0 fully saturated rings. The first-order valence-corrected chi connectivity index (χ1v) is 26.8. The van der Waals surface area contributed by atoms with Crippen LogP contribution in [0.5, 0.6) is 69.0 Å². The number of carboxylic acids is 1. The van der Waals surface area contributed by atoms with E-state index in [9.17, 15) is 60.0 Å². The Bertz CT molecular complexity index is 4090. The highest BCUT2D eigenvalue weighted by atomic mass is 35.5. The van der Waals surface area contributed by atoms with E-state index in [2.05, 4.69) is 37.6 Å². The molecule has 8 atom stereocenters. The Kier molecular flexibility index (Phi) is 15.0. The van der Waals surface area contributed by atoms with E-state index in [1.54, 1.807) is 0 Å². The molecule has 86 heavy (non-hydrogen) atoms. The minimum absolute atomic E-state index is 0.129. The fourth-order valence-corrected chi connectivity index (χ4v) is 11.0. The third kappa shape index (κ3) is 11.0. The van der Waals surface area contributed by atoms with Gasteiger partial charge in [-0.2, -0.15) is 0 Å². The number of aliphatic hydroxyl groups excluding tert-OH is 1. The van der Waals surface area contributed by atoms with Gasteiger partial charge in [0.25, 0.3) is 5.91 Å². The van der Waals surface area contributed by atoms with Gasteiger partial charge in [0.15, 0.2) is 29.0 Å². The lowest BCUT2D eigenvalue weighted by atomic mass is 9.89. The molecule has 6 heterocycles. The number of aliphatic hydroxyl groups is 1. The highest BCUT2D eigenvalue weighted by molar-refractivity contribution is 6.33. The Labute approximate surface area is 498 Å². The lowest BCUT2D eigenvalue weighted by Gasteiger charge is -2.32. The molecule has 6 amide bonds. The topological polar surface area (TPSA) is 412 Å². The molecule has 6 aliphatic heterocycles. The Morgan fingerprint density at radius 1 is 0.500 bits per heavy atom. The van der Waals surface area contributed by atoms with Crippen LogP contribution >= 0.6 is 34.8 Å². The van der Waals surface area contributed by atoms with Gasteiger partial charge < -0.3 is 97.5 Å². The van der Waals surface area contributed by atoms with Gasteiger partial charge in [0.05, 0.1) is 27.1 Å². The molecule has 16 N–H and O–H groups in total. The van der Waals surface area contributed by atoms with Crippen LogP contribution in [0.25, 0.3) is 11.1 Å². The maximum Gasteiger partial charge on any atom is 0.283 e. The second-order valence-electron chi connectivity index (χ2n) is 20.3. The van der Waals surface area contributed by atoms with E-state index >= 15 is 14.4 Å². The zero-order chi connectivity index (χ0) is 61.3. The summed E-state index contributed by atoms with van der Waals surface area (Å²) >= 11 is 20.3. The molecule has 17 bridgehead atoms. The molecule has 0 saturated heterocycles. The minimum Gasteiger partial charge on any atom is -0.548 e. The largest absolute Gasteiger partial charge is 0.548 e. The van der Waals surface area contributed by atoms with Crippen LogP contribution in [0.4, 0.5) is 0 Å². The third-order valence-electron chi connectivity index (χ3n) is 14.6. The molecule has 0 aromatic heterocycles. The van der Waals surface area contributed by atoms with E-state index in [1.165, 1.54) is 48.5 Å². The Balaban J connectivity index is 1.15. The molecule has 0 saturated carbocycles. The number of fused-ring (bicyclic) bond motifs is 14. The van der Waals surface area contributed by atoms with Gasteiger partial charge in [0.1, 0.15) is 76.6 Å². The highest BCUT2D eigenvalue weighted by Crippen LogP contribution is 2.49. The molecule has 1 unspecified atom stereocenters. The molecule has 13 rings (SSSR count). The quantitative estimate of drug-likeness (QED) is 0.112. The van der Waals surface area contributed by atoms with Gasteiger partial charge >= 0.3 is 0 Å². The van der Waals surface area contributed by atoms with Gasteiger partial charge in [-0.1, -0.05) is 46.9 Å². The number of carboxylic acid groups (broad SMARTS) is 1. The molecule has 0 spiro atoms. The lowest BCUT2D eigenvalue weighted by Crippen LogP contribution is -2.62. The number of amides is 6. The minimum atomic E-state index is -2.33. The fraction of sp³-hybridized carbons (Fsp3) is 0.155. The number of nitrogens with one attached hydrogen (secondary N) is 6. The third-order valence-corrected chi connectivity index (χ3v) is 15.5. The van der Waals surface area contributed by atoms with Crippen molar-refractivity contribution in [3.05, 3.63) is 163 Å². The number of hydrogen-bond acceptors (Lipinski definition) is 18. The van der Waals surface area contributed by atoms with Crippen molar-refractivity contribution in [1.82, 2.24) is 31.9 Å².